The van der Waals surface area contributed by atoms with Crippen LogP contribution in [-0.4, -0.2) is 51.0 Å². The molecule has 172 valence electrons. The number of hydrogen-bond donors (Lipinski definition) is 3. The van der Waals surface area contributed by atoms with Crippen LogP contribution in [0.2, 0.25) is 5.02 Å². The van der Waals surface area contributed by atoms with Crippen LogP contribution >= 0.6 is 11.6 Å². The van der Waals surface area contributed by atoms with Gasteiger partial charge >= 0.3 is 6.03 Å². The maximum Gasteiger partial charge on any atom is 0.312 e. The Hall–Kier alpha value is -2.66. The summed E-state index contributed by atoms with van der Waals surface area (Å²) in [5.74, 6) is -0.302. The molecule has 2 aromatic rings. The van der Waals surface area contributed by atoms with Crippen molar-refractivity contribution < 1.29 is 22.7 Å². The van der Waals surface area contributed by atoms with Crippen molar-refractivity contribution in [1.29, 1.82) is 0 Å². The van der Waals surface area contributed by atoms with Crippen molar-refractivity contribution in [2.45, 2.75) is 23.9 Å². The van der Waals surface area contributed by atoms with Gasteiger partial charge in [0, 0.05) is 24.7 Å². The van der Waals surface area contributed by atoms with E-state index in [2.05, 4.69) is 10.6 Å². The van der Waals surface area contributed by atoms with E-state index in [-0.39, 0.29) is 23.8 Å². The van der Waals surface area contributed by atoms with Gasteiger partial charge in [0.2, 0.25) is 15.9 Å². The number of nitrogens with one attached hydrogen (secondary N) is 2. The molecule has 0 radical (unpaired) electrons. The van der Waals surface area contributed by atoms with Crippen LogP contribution in [0.15, 0.2) is 53.4 Å². The van der Waals surface area contributed by atoms with Gasteiger partial charge in [0.25, 0.3) is 0 Å². The zero-order chi connectivity index (χ0) is 23.1. The van der Waals surface area contributed by atoms with Crippen molar-refractivity contribution in [1.82, 2.24) is 14.9 Å². The SMILES string of the molecule is NC(=O)N[C@H](CC(=O)NCc1ccc(S(=O)(=O)N2CCOCC2)cc1)c1ccc(Cl)cc1. The molecule has 1 heterocycles. The molecule has 1 aliphatic heterocycles. The molecule has 0 aromatic heterocycles. The molecular formula is C21H25ClN4O5S. The highest BCUT2D eigenvalue weighted by atomic mass is 35.5. The molecule has 1 aliphatic rings. The number of halogens is 1. The Morgan fingerprint density at radius 3 is 2.28 bits per heavy atom. The van der Waals surface area contributed by atoms with Gasteiger partial charge < -0.3 is 21.1 Å². The lowest BCUT2D eigenvalue weighted by Crippen LogP contribution is -2.40. The van der Waals surface area contributed by atoms with Gasteiger partial charge in [-0.3, -0.25) is 4.79 Å². The summed E-state index contributed by atoms with van der Waals surface area (Å²) < 4.78 is 32.0. The molecule has 0 saturated carbocycles. The van der Waals surface area contributed by atoms with Crippen molar-refractivity contribution in [2.75, 3.05) is 26.3 Å². The fraction of sp³-hybridized carbons (Fsp3) is 0.333. The minimum atomic E-state index is -3.57. The Morgan fingerprint density at radius 1 is 1.06 bits per heavy atom. The fourth-order valence-electron chi connectivity index (χ4n) is 3.29. The summed E-state index contributed by atoms with van der Waals surface area (Å²) in [7, 11) is -3.57. The van der Waals surface area contributed by atoms with Gasteiger partial charge in [-0.05, 0) is 35.4 Å². The van der Waals surface area contributed by atoms with E-state index in [1.165, 1.54) is 16.4 Å². The van der Waals surface area contributed by atoms with Gasteiger partial charge in [0.15, 0.2) is 0 Å². The topological polar surface area (TPSA) is 131 Å². The highest BCUT2D eigenvalue weighted by molar-refractivity contribution is 7.89. The van der Waals surface area contributed by atoms with Crippen LogP contribution in [0.1, 0.15) is 23.6 Å². The van der Waals surface area contributed by atoms with E-state index in [4.69, 9.17) is 22.1 Å². The number of urea groups is 1. The molecule has 0 bridgehead atoms. The highest BCUT2D eigenvalue weighted by Crippen LogP contribution is 2.20. The summed E-state index contributed by atoms with van der Waals surface area (Å²) in [6.45, 7) is 1.62. The van der Waals surface area contributed by atoms with E-state index < -0.39 is 22.1 Å². The number of rotatable bonds is 8. The van der Waals surface area contributed by atoms with Gasteiger partial charge in [-0.15, -0.1) is 0 Å². The van der Waals surface area contributed by atoms with E-state index in [9.17, 15) is 18.0 Å². The molecule has 0 spiro atoms. The van der Waals surface area contributed by atoms with Crippen molar-refractivity contribution in [3.05, 3.63) is 64.7 Å². The molecule has 4 N–H and O–H groups in total. The number of carbonyl (C=O) groups excluding carboxylic acids is 2. The van der Waals surface area contributed by atoms with Crippen molar-refractivity contribution in [3.63, 3.8) is 0 Å². The van der Waals surface area contributed by atoms with E-state index in [0.717, 1.165) is 5.56 Å². The quantitative estimate of drug-likeness (QED) is 0.530. The molecule has 11 heteroatoms. The molecule has 1 fully saturated rings. The number of morpholine rings is 1. The Kier molecular flexibility index (Phi) is 8.08. The van der Waals surface area contributed by atoms with E-state index in [1.807, 2.05) is 0 Å². The third-order valence-corrected chi connectivity index (χ3v) is 7.16. The number of nitrogens with zero attached hydrogens (tertiary/aromatic N) is 1. The second kappa shape index (κ2) is 10.8. The Labute approximate surface area is 191 Å². The van der Waals surface area contributed by atoms with Crippen LogP contribution in [0, 0.1) is 0 Å². The maximum absolute atomic E-state index is 12.7. The third-order valence-electron chi connectivity index (χ3n) is 5.00. The predicted molar refractivity (Wildman–Crippen MR) is 119 cm³/mol. The second-order valence-corrected chi connectivity index (χ2v) is 9.63. The first-order chi connectivity index (χ1) is 15.3. The summed E-state index contributed by atoms with van der Waals surface area (Å²) in [6, 6.07) is 11.8. The number of primary amides is 1. The molecule has 3 rings (SSSR count). The second-order valence-electron chi connectivity index (χ2n) is 7.25. The first-order valence-electron chi connectivity index (χ1n) is 10.0. The minimum Gasteiger partial charge on any atom is -0.379 e. The lowest BCUT2D eigenvalue weighted by atomic mass is 10.0. The van der Waals surface area contributed by atoms with Gasteiger partial charge in [0.1, 0.15) is 0 Å². The number of carbonyl (C=O) groups is 2. The van der Waals surface area contributed by atoms with E-state index in [1.54, 1.807) is 36.4 Å². The maximum atomic E-state index is 12.7. The van der Waals surface area contributed by atoms with Crippen LogP contribution < -0.4 is 16.4 Å². The summed E-state index contributed by atoms with van der Waals surface area (Å²) in [5.41, 5.74) is 6.67. The molecular weight excluding hydrogens is 456 g/mol. The lowest BCUT2D eigenvalue weighted by molar-refractivity contribution is -0.121. The van der Waals surface area contributed by atoms with Crippen molar-refractivity contribution >= 4 is 33.6 Å². The zero-order valence-corrected chi connectivity index (χ0v) is 18.9. The summed E-state index contributed by atoms with van der Waals surface area (Å²) >= 11 is 5.89. The molecule has 3 amide bonds. The van der Waals surface area contributed by atoms with Crippen LogP contribution in [0.4, 0.5) is 4.79 Å². The number of sulfonamides is 1. The number of ether oxygens (including phenoxy) is 1. The number of benzene rings is 2. The molecule has 1 saturated heterocycles. The number of hydrogen-bond acceptors (Lipinski definition) is 5. The first-order valence-corrected chi connectivity index (χ1v) is 11.8. The zero-order valence-electron chi connectivity index (χ0n) is 17.3. The average Bonchev–Trinajstić information content (AvgIpc) is 2.78. The molecule has 1 atom stereocenters. The average molecular weight is 481 g/mol. The number of nitrogens with two attached hydrogens (primary N) is 1. The highest BCUT2D eigenvalue weighted by Gasteiger charge is 2.26. The van der Waals surface area contributed by atoms with Gasteiger partial charge in [-0.1, -0.05) is 35.9 Å². The lowest BCUT2D eigenvalue weighted by Gasteiger charge is -2.26. The van der Waals surface area contributed by atoms with Gasteiger partial charge in [-0.25, -0.2) is 13.2 Å². The van der Waals surface area contributed by atoms with Crippen LogP contribution in [0.5, 0.6) is 0 Å². The summed E-state index contributed by atoms with van der Waals surface area (Å²) in [6.07, 6.45) is -0.0198. The first kappa shape index (κ1) is 24.0. The van der Waals surface area contributed by atoms with Crippen LogP contribution in [0.25, 0.3) is 0 Å². The van der Waals surface area contributed by atoms with Crippen LogP contribution in [-0.2, 0) is 26.1 Å². The molecule has 2 aromatic carbocycles. The Morgan fingerprint density at radius 2 is 1.69 bits per heavy atom. The summed E-state index contributed by atoms with van der Waals surface area (Å²) in [5, 5.41) is 5.86. The normalized spacial score (nSPS) is 15.7. The monoisotopic (exact) mass is 480 g/mol. The Balaban J connectivity index is 1.58. The van der Waals surface area contributed by atoms with E-state index in [0.29, 0.717) is 36.9 Å². The third kappa shape index (κ3) is 6.42. The van der Waals surface area contributed by atoms with Crippen molar-refractivity contribution in [3.8, 4) is 0 Å². The number of amides is 3. The van der Waals surface area contributed by atoms with Gasteiger partial charge in [0.05, 0.1) is 30.6 Å². The smallest absolute Gasteiger partial charge is 0.312 e. The molecule has 0 unspecified atom stereocenters. The van der Waals surface area contributed by atoms with Crippen LogP contribution in [0.3, 0.4) is 0 Å². The largest absolute Gasteiger partial charge is 0.379 e. The molecule has 0 aliphatic carbocycles. The summed E-state index contributed by atoms with van der Waals surface area (Å²) in [4.78, 5) is 24.0. The van der Waals surface area contributed by atoms with E-state index >= 15 is 0 Å². The Bertz CT molecular complexity index is 1040. The predicted octanol–water partition coefficient (Wildman–Crippen LogP) is 1.78. The molecule has 9 nitrogen and oxygen atoms in total. The molecule has 32 heavy (non-hydrogen) atoms. The van der Waals surface area contributed by atoms with Crippen molar-refractivity contribution in [2.24, 2.45) is 5.73 Å². The minimum absolute atomic E-state index is 0.0198. The van der Waals surface area contributed by atoms with Gasteiger partial charge in [-0.2, -0.15) is 4.31 Å². The standard InChI is InChI=1S/C21H25ClN4O5S/c22-17-5-3-16(4-6-17)19(25-21(23)28)13-20(27)24-14-15-1-7-18(8-2-15)32(29,30)26-9-11-31-12-10-26/h1-8,19H,9-14H2,(H,24,27)(H3,23,25,28)/t19-/m1/s1. The fourth-order valence-corrected chi connectivity index (χ4v) is 4.83.